The average molecular weight is 322 g/mol. The second kappa shape index (κ2) is 6.59. The summed E-state index contributed by atoms with van der Waals surface area (Å²) in [5.74, 6) is 1.69. The first-order valence-electron chi connectivity index (χ1n) is 8.70. The largest absolute Gasteiger partial charge is 0.355 e. The summed E-state index contributed by atoms with van der Waals surface area (Å²) in [4.78, 5) is 25.5. The second-order valence-electron chi connectivity index (χ2n) is 6.62. The van der Waals surface area contributed by atoms with Crippen molar-refractivity contribution in [2.24, 2.45) is 5.92 Å². The van der Waals surface area contributed by atoms with Crippen molar-refractivity contribution < 1.29 is 4.79 Å². The number of rotatable bonds is 3. The summed E-state index contributed by atoms with van der Waals surface area (Å²) >= 11 is 0. The van der Waals surface area contributed by atoms with Gasteiger partial charge in [-0.15, -0.1) is 0 Å². The maximum atomic E-state index is 12.7. The molecule has 0 spiro atoms. The van der Waals surface area contributed by atoms with Gasteiger partial charge in [-0.05, 0) is 36.8 Å². The van der Waals surface area contributed by atoms with E-state index >= 15 is 0 Å². The highest BCUT2D eigenvalue weighted by Gasteiger charge is 2.28. The smallest absolute Gasteiger partial charge is 0.227 e. The van der Waals surface area contributed by atoms with Gasteiger partial charge in [0.1, 0.15) is 5.82 Å². The Hall–Kier alpha value is -2.43. The standard InChI is InChI=1S/C19H22N4O/c24-19(23-12-7-16-3-1-2-4-17(16)23)13-15-5-10-22(11-6-15)18-14-20-8-9-21-18/h1-4,8-9,14-15H,5-7,10-13H2. The zero-order valence-electron chi connectivity index (χ0n) is 13.8. The monoisotopic (exact) mass is 322 g/mol. The van der Waals surface area contributed by atoms with Crippen molar-refractivity contribution in [2.75, 3.05) is 29.4 Å². The van der Waals surface area contributed by atoms with Gasteiger partial charge in [0.25, 0.3) is 0 Å². The lowest BCUT2D eigenvalue weighted by Crippen LogP contribution is -2.37. The van der Waals surface area contributed by atoms with Gasteiger partial charge in [-0.1, -0.05) is 18.2 Å². The number of carbonyl (C=O) groups is 1. The summed E-state index contributed by atoms with van der Waals surface area (Å²) in [7, 11) is 0. The molecule has 1 saturated heterocycles. The van der Waals surface area contributed by atoms with Crippen LogP contribution in [0.3, 0.4) is 0 Å². The lowest BCUT2D eigenvalue weighted by Gasteiger charge is -2.33. The van der Waals surface area contributed by atoms with Gasteiger partial charge < -0.3 is 9.80 Å². The van der Waals surface area contributed by atoms with E-state index < -0.39 is 0 Å². The van der Waals surface area contributed by atoms with Gasteiger partial charge in [-0.3, -0.25) is 9.78 Å². The van der Waals surface area contributed by atoms with E-state index in [1.165, 1.54) is 5.56 Å². The zero-order chi connectivity index (χ0) is 16.4. The third kappa shape index (κ3) is 2.98. The molecule has 0 unspecified atom stereocenters. The van der Waals surface area contributed by atoms with Crippen LogP contribution in [-0.4, -0.2) is 35.5 Å². The molecule has 2 aliphatic heterocycles. The van der Waals surface area contributed by atoms with Crippen molar-refractivity contribution >= 4 is 17.4 Å². The van der Waals surface area contributed by atoms with Crippen LogP contribution < -0.4 is 9.80 Å². The van der Waals surface area contributed by atoms with E-state index in [4.69, 9.17) is 0 Å². The molecule has 0 bridgehead atoms. The summed E-state index contributed by atoms with van der Waals surface area (Å²) in [5, 5.41) is 0. The number of anilines is 2. The van der Waals surface area contributed by atoms with Gasteiger partial charge in [0.05, 0.1) is 6.20 Å². The number of amides is 1. The highest BCUT2D eigenvalue weighted by Crippen LogP contribution is 2.30. The van der Waals surface area contributed by atoms with Crippen molar-refractivity contribution in [1.29, 1.82) is 0 Å². The number of nitrogens with zero attached hydrogens (tertiary/aromatic N) is 4. The molecule has 2 aliphatic rings. The number of aromatic nitrogens is 2. The van der Waals surface area contributed by atoms with Gasteiger partial charge >= 0.3 is 0 Å². The third-order valence-electron chi connectivity index (χ3n) is 5.14. The zero-order valence-corrected chi connectivity index (χ0v) is 13.8. The van der Waals surface area contributed by atoms with Crippen LogP contribution in [0.15, 0.2) is 42.9 Å². The molecule has 1 fully saturated rings. The van der Waals surface area contributed by atoms with E-state index in [9.17, 15) is 4.79 Å². The molecular weight excluding hydrogens is 300 g/mol. The summed E-state index contributed by atoms with van der Waals surface area (Å²) in [6, 6.07) is 8.26. The van der Waals surface area contributed by atoms with Gasteiger partial charge in [0.15, 0.2) is 0 Å². The maximum Gasteiger partial charge on any atom is 0.227 e. The summed E-state index contributed by atoms with van der Waals surface area (Å²) in [6.45, 7) is 2.73. The molecule has 1 aromatic heterocycles. The number of carbonyl (C=O) groups excluding carboxylic acids is 1. The van der Waals surface area contributed by atoms with Crippen molar-refractivity contribution in [3.63, 3.8) is 0 Å². The van der Waals surface area contributed by atoms with Crippen LogP contribution in [0.25, 0.3) is 0 Å². The Balaban J connectivity index is 1.34. The molecule has 2 aromatic rings. The van der Waals surface area contributed by atoms with E-state index in [0.29, 0.717) is 12.3 Å². The number of para-hydroxylation sites is 1. The Morgan fingerprint density at radius 3 is 2.75 bits per heavy atom. The molecule has 1 aromatic carbocycles. The van der Waals surface area contributed by atoms with E-state index in [0.717, 1.165) is 50.4 Å². The normalized spacial score (nSPS) is 17.8. The van der Waals surface area contributed by atoms with Gasteiger partial charge in [0, 0.05) is 44.1 Å². The van der Waals surface area contributed by atoms with Crippen LogP contribution in [0.2, 0.25) is 0 Å². The second-order valence-corrected chi connectivity index (χ2v) is 6.62. The molecule has 0 aliphatic carbocycles. The average Bonchev–Trinajstić information content (AvgIpc) is 3.07. The Bertz CT molecular complexity index is 710. The molecule has 0 atom stereocenters. The Kier molecular flexibility index (Phi) is 4.15. The van der Waals surface area contributed by atoms with Gasteiger partial charge in [-0.25, -0.2) is 4.98 Å². The molecule has 124 valence electrons. The molecule has 1 amide bonds. The van der Waals surface area contributed by atoms with Crippen LogP contribution in [0.4, 0.5) is 11.5 Å². The van der Waals surface area contributed by atoms with Crippen LogP contribution >= 0.6 is 0 Å². The predicted molar refractivity (Wildman–Crippen MR) is 94.1 cm³/mol. The third-order valence-corrected chi connectivity index (χ3v) is 5.14. The van der Waals surface area contributed by atoms with E-state index in [-0.39, 0.29) is 5.91 Å². The van der Waals surface area contributed by atoms with E-state index in [2.05, 4.69) is 33.1 Å². The first-order valence-corrected chi connectivity index (χ1v) is 8.70. The highest BCUT2D eigenvalue weighted by molar-refractivity contribution is 5.95. The molecule has 4 rings (SSSR count). The van der Waals surface area contributed by atoms with Crippen molar-refractivity contribution in [2.45, 2.75) is 25.7 Å². The lowest BCUT2D eigenvalue weighted by molar-refractivity contribution is -0.119. The molecule has 3 heterocycles. The summed E-state index contributed by atoms with van der Waals surface area (Å²) in [5.41, 5.74) is 2.41. The molecule has 24 heavy (non-hydrogen) atoms. The maximum absolute atomic E-state index is 12.7. The Morgan fingerprint density at radius 1 is 1.12 bits per heavy atom. The van der Waals surface area contributed by atoms with Crippen molar-refractivity contribution in [3.05, 3.63) is 48.4 Å². The minimum Gasteiger partial charge on any atom is -0.355 e. The molecular formula is C19H22N4O. The SMILES string of the molecule is O=C(CC1CCN(c2cnccn2)CC1)N1CCc2ccccc21. The first kappa shape index (κ1) is 15.1. The fourth-order valence-corrected chi connectivity index (χ4v) is 3.78. The van der Waals surface area contributed by atoms with Crippen LogP contribution in [0, 0.1) is 5.92 Å². The first-order chi connectivity index (χ1) is 11.8. The summed E-state index contributed by atoms with van der Waals surface area (Å²) in [6.07, 6.45) is 8.95. The minimum absolute atomic E-state index is 0.276. The van der Waals surface area contributed by atoms with Crippen LogP contribution in [0.5, 0.6) is 0 Å². The molecule has 5 heteroatoms. The van der Waals surface area contributed by atoms with E-state index in [1.807, 2.05) is 17.2 Å². The lowest BCUT2D eigenvalue weighted by atomic mass is 9.93. The van der Waals surface area contributed by atoms with E-state index in [1.54, 1.807) is 12.4 Å². The number of hydrogen-bond donors (Lipinski definition) is 0. The number of benzene rings is 1. The molecule has 5 nitrogen and oxygen atoms in total. The van der Waals surface area contributed by atoms with Crippen molar-refractivity contribution in [1.82, 2.24) is 9.97 Å². The number of fused-ring (bicyclic) bond motifs is 1. The highest BCUT2D eigenvalue weighted by atomic mass is 16.2. The predicted octanol–water partition coefficient (Wildman–Crippen LogP) is 2.67. The van der Waals surface area contributed by atoms with Gasteiger partial charge in [0.2, 0.25) is 5.91 Å². The fraction of sp³-hybridized carbons (Fsp3) is 0.421. The Labute approximate surface area is 142 Å². The number of piperidine rings is 1. The van der Waals surface area contributed by atoms with Gasteiger partial charge in [-0.2, -0.15) is 0 Å². The molecule has 0 saturated carbocycles. The quantitative estimate of drug-likeness (QED) is 0.872. The van der Waals surface area contributed by atoms with Crippen molar-refractivity contribution in [3.8, 4) is 0 Å². The fourth-order valence-electron chi connectivity index (χ4n) is 3.78. The summed E-state index contributed by atoms with van der Waals surface area (Å²) < 4.78 is 0. The number of hydrogen-bond acceptors (Lipinski definition) is 4. The van der Waals surface area contributed by atoms with Crippen LogP contribution in [-0.2, 0) is 11.2 Å². The van der Waals surface area contributed by atoms with Crippen LogP contribution in [0.1, 0.15) is 24.8 Å². The Morgan fingerprint density at radius 2 is 1.96 bits per heavy atom. The topological polar surface area (TPSA) is 49.3 Å². The molecule has 0 N–H and O–H groups in total. The minimum atomic E-state index is 0.276. The molecule has 0 radical (unpaired) electrons.